The standard InChI is InChI=1S/C7H8ClNO4S2/c1-2-14(10,11)7-5-6(3-4-9-7)15(8,12)13/h3-5H,2H2,1H3. The van der Waals surface area contributed by atoms with Crippen molar-refractivity contribution in [2.45, 2.75) is 16.8 Å². The molecule has 0 spiro atoms. The quantitative estimate of drug-likeness (QED) is 0.758. The summed E-state index contributed by atoms with van der Waals surface area (Å²) in [4.78, 5) is 3.31. The van der Waals surface area contributed by atoms with Crippen molar-refractivity contribution in [1.82, 2.24) is 4.98 Å². The summed E-state index contributed by atoms with van der Waals surface area (Å²) in [6.07, 6.45) is 1.10. The molecule has 0 N–H and O–H groups in total. The van der Waals surface area contributed by atoms with E-state index in [-0.39, 0.29) is 15.7 Å². The van der Waals surface area contributed by atoms with Crippen LogP contribution >= 0.6 is 10.7 Å². The zero-order chi connectivity index (χ0) is 11.7. The van der Waals surface area contributed by atoms with Gasteiger partial charge < -0.3 is 0 Å². The molecule has 0 atom stereocenters. The van der Waals surface area contributed by atoms with Crippen molar-refractivity contribution in [3.63, 3.8) is 0 Å². The molecule has 0 saturated heterocycles. The van der Waals surface area contributed by atoms with E-state index in [1.54, 1.807) is 0 Å². The van der Waals surface area contributed by atoms with Gasteiger partial charge in [0.1, 0.15) is 0 Å². The smallest absolute Gasteiger partial charge is 0.245 e. The number of aromatic nitrogens is 1. The largest absolute Gasteiger partial charge is 0.261 e. The Morgan fingerprint density at radius 1 is 1.33 bits per heavy atom. The second kappa shape index (κ2) is 4.07. The highest BCUT2D eigenvalue weighted by Crippen LogP contribution is 2.17. The fraction of sp³-hybridized carbons (Fsp3) is 0.286. The Bertz CT molecular complexity index is 564. The molecule has 0 aliphatic carbocycles. The SMILES string of the molecule is CCS(=O)(=O)c1cc(S(=O)(=O)Cl)ccn1. The number of hydrogen-bond donors (Lipinski definition) is 0. The third kappa shape index (κ3) is 2.90. The third-order valence-electron chi connectivity index (χ3n) is 1.69. The molecule has 0 fully saturated rings. The highest BCUT2D eigenvalue weighted by atomic mass is 35.7. The maximum absolute atomic E-state index is 11.4. The number of rotatable bonds is 3. The third-order valence-corrected chi connectivity index (χ3v) is 4.66. The van der Waals surface area contributed by atoms with Crippen LogP contribution in [0.25, 0.3) is 0 Å². The van der Waals surface area contributed by atoms with Gasteiger partial charge in [0.05, 0.1) is 10.6 Å². The van der Waals surface area contributed by atoms with Crippen LogP contribution in [0.4, 0.5) is 0 Å². The Kier molecular flexibility index (Phi) is 3.37. The summed E-state index contributed by atoms with van der Waals surface area (Å²) in [6.45, 7) is 1.44. The number of halogens is 1. The molecule has 1 heterocycles. The van der Waals surface area contributed by atoms with Gasteiger partial charge in [0.2, 0.25) is 0 Å². The second-order valence-electron chi connectivity index (χ2n) is 2.67. The Morgan fingerprint density at radius 2 is 1.93 bits per heavy atom. The molecule has 0 saturated carbocycles. The molecule has 1 rings (SSSR count). The van der Waals surface area contributed by atoms with E-state index in [1.807, 2.05) is 0 Å². The lowest BCUT2D eigenvalue weighted by Crippen LogP contribution is -2.07. The lowest BCUT2D eigenvalue weighted by Gasteiger charge is -2.01. The molecule has 1 aromatic rings. The first-order valence-corrected chi connectivity index (χ1v) is 7.87. The predicted octanol–water partition coefficient (Wildman–Crippen LogP) is 0.803. The van der Waals surface area contributed by atoms with E-state index >= 15 is 0 Å². The molecule has 0 radical (unpaired) electrons. The van der Waals surface area contributed by atoms with E-state index in [0.29, 0.717) is 0 Å². The van der Waals surface area contributed by atoms with Crippen molar-refractivity contribution in [2.24, 2.45) is 0 Å². The van der Waals surface area contributed by atoms with Crippen molar-refractivity contribution in [3.05, 3.63) is 18.3 Å². The van der Waals surface area contributed by atoms with Crippen molar-refractivity contribution in [2.75, 3.05) is 5.75 Å². The van der Waals surface area contributed by atoms with Crippen LogP contribution in [0.3, 0.4) is 0 Å². The molecule has 84 valence electrons. The monoisotopic (exact) mass is 269 g/mol. The molecule has 8 heteroatoms. The topological polar surface area (TPSA) is 81.2 Å². The first kappa shape index (κ1) is 12.4. The highest BCUT2D eigenvalue weighted by Gasteiger charge is 2.17. The zero-order valence-corrected chi connectivity index (χ0v) is 10.1. The molecule has 0 aliphatic rings. The van der Waals surface area contributed by atoms with Crippen LogP contribution in [0.2, 0.25) is 0 Å². The van der Waals surface area contributed by atoms with Crippen molar-refractivity contribution in [1.29, 1.82) is 0 Å². The van der Waals surface area contributed by atoms with Crippen LogP contribution in [-0.2, 0) is 18.9 Å². The normalized spacial score (nSPS) is 12.7. The molecule has 15 heavy (non-hydrogen) atoms. The number of nitrogens with zero attached hydrogens (tertiary/aromatic N) is 1. The molecule has 0 bridgehead atoms. The summed E-state index contributed by atoms with van der Waals surface area (Å²) in [7, 11) is -2.37. The van der Waals surface area contributed by atoms with Crippen LogP contribution < -0.4 is 0 Å². The summed E-state index contributed by atoms with van der Waals surface area (Å²) in [5.74, 6) is -0.147. The molecular weight excluding hydrogens is 262 g/mol. The second-order valence-corrected chi connectivity index (χ2v) is 7.46. The van der Waals surface area contributed by atoms with Crippen molar-refractivity contribution >= 4 is 29.6 Å². The fourth-order valence-electron chi connectivity index (χ4n) is 0.861. The Morgan fingerprint density at radius 3 is 2.40 bits per heavy atom. The van der Waals surface area contributed by atoms with Crippen molar-refractivity contribution < 1.29 is 16.8 Å². The van der Waals surface area contributed by atoms with Crippen LogP contribution in [0.5, 0.6) is 0 Å². The van der Waals surface area contributed by atoms with Crippen LogP contribution in [0.15, 0.2) is 28.3 Å². The van der Waals surface area contributed by atoms with Gasteiger partial charge >= 0.3 is 0 Å². The van der Waals surface area contributed by atoms with Gasteiger partial charge in [-0.15, -0.1) is 0 Å². The first-order chi connectivity index (χ1) is 6.77. The maximum atomic E-state index is 11.4. The summed E-state index contributed by atoms with van der Waals surface area (Å²) in [5, 5.41) is -0.285. The molecule has 5 nitrogen and oxygen atoms in total. The lowest BCUT2D eigenvalue weighted by atomic mass is 10.5. The van der Waals surface area contributed by atoms with Gasteiger partial charge in [-0.25, -0.2) is 21.8 Å². The summed E-state index contributed by atoms with van der Waals surface area (Å²) >= 11 is 0. The van der Waals surface area contributed by atoms with Crippen LogP contribution in [0.1, 0.15) is 6.92 Å². The molecule has 1 aromatic heterocycles. The van der Waals surface area contributed by atoms with E-state index in [9.17, 15) is 16.8 Å². The molecule has 0 aliphatic heterocycles. The van der Waals surface area contributed by atoms with Gasteiger partial charge in [-0.3, -0.25) is 0 Å². The van der Waals surface area contributed by atoms with Crippen LogP contribution in [-0.4, -0.2) is 27.6 Å². The van der Waals surface area contributed by atoms with E-state index in [2.05, 4.69) is 4.98 Å². The zero-order valence-electron chi connectivity index (χ0n) is 7.71. The molecular formula is C7H8ClNO4S2. The average Bonchev–Trinajstić information content (AvgIpc) is 2.17. The average molecular weight is 270 g/mol. The lowest BCUT2D eigenvalue weighted by molar-refractivity contribution is 0.593. The first-order valence-electron chi connectivity index (χ1n) is 3.91. The van der Waals surface area contributed by atoms with Gasteiger partial charge in [-0.2, -0.15) is 0 Å². The van der Waals surface area contributed by atoms with Gasteiger partial charge in [-0.05, 0) is 12.1 Å². The minimum absolute atomic E-state index is 0.147. The molecule has 0 unspecified atom stereocenters. The minimum atomic E-state index is -3.93. The minimum Gasteiger partial charge on any atom is -0.245 e. The Hall–Kier alpha value is -0.660. The highest BCUT2D eigenvalue weighted by molar-refractivity contribution is 8.13. The summed E-state index contributed by atoms with van der Waals surface area (Å²) < 4.78 is 44.6. The molecule has 0 amide bonds. The van der Waals surface area contributed by atoms with Crippen molar-refractivity contribution in [3.8, 4) is 0 Å². The Labute approximate surface area is 92.4 Å². The van der Waals surface area contributed by atoms with E-state index < -0.39 is 18.9 Å². The van der Waals surface area contributed by atoms with Gasteiger partial charge in [0.15, 0.2) is 14.9 Å². The van der Waals surface area contributed by atoms with Gasteiger partial charge in [0, 0.05) is 16.9 Å². The molecule has 0 aromatic carbocycles. The summed E-state index contributed by atoms with van der Waals surface area (Å²) in [5.41, 5.74) is 0. The van der Waals surface area contributed by atoms with Gasteiger partial charge in [0.25, 0.3) is 9.05 Å². The van der Waals surface area contributed by atoms with Gasteiger partial charge in [-0.1, -0.05) is 6.92 Å². The Balaban J connectivity index is 3.39. The van der Waals surface area contributed by atoms with E-state index in [1.165, 1.54) is 6.92 Å². The van der Waals surface area contributed by atoms with E-state index in [4.69, 9.17) is 10.7 Å². The van der Waals surface area contributed by atoms with E-state index in [0.717, 1.165) is 18.3 Å². The predicted molar refractivity (Wildman–Crippen MR) is 55.0 cm³/mol. The number of hydrogen-bond acceptors (Lipinski definition) is 5. The summed E-state index contributed by atoms with van der Waals surface area (Å²) in [6, 6.07) is 2.08. The number of sulfone groups is 1. The number of pyridine rings is 1. The van der Waals surface area contributed by atoms with Crippen LogP contribution in [0, 0.1) is 0 Å². The maximum Gasteiger partial charge on any atom is 0.261 e. The fourth-order valence-corrected chi connectivity index (χ4v) is 2.52.